The van der Waals surface area contributed by atoms with Crippen LogP contribution in [0.5, 0.6) is 0 Å². The van der Waals surface area contributed by atoms with Gasteiger partial charge in [0.1, 0.15) is 0 Å². The van der Waals surface area contributed by atoms with Gasteiger partial charge in [0, 0.05) is 11.5 Å². The van der Waals surface area contributed by atoms with Crippen molar-refractivity contribution < 1.29 is 13.9 Å². The van der Waals surface area contributed by atoms with Crippen molar-refractivity contribution in [3.8, 4) is 0 Å². The van der Waals surface area contributed by atoms with Crippen LogP contribution >= 0.6 is 15.9 Å². The second-order valence-corrected chi connectivity index (χ2v) is 4.51. The lowest BCUT2D eigenvalue weighted by molar-refractivity contribution is 0.156. The first kappa shape index (κ1) is 13.4. The highest BCUT2D eigenvalue weighted by Gasteiger charge is 2.12. The summed E-state index contributed by atoms with van der Waals surface area (Å²) in [4.78, 5) is 1.47. The first-order chi connectivity index (χ1) is 7.41. The topological polar surface area (TPSA) is 23.5 Å². The van der Waals surface area contributed by atoms with E-state index < -0.39 is 12.5 Å². The van der Waals surface area contributed by atoms with Gasteiger partial charge in [-0.1, -0.05) is 6.07 Å². The van der Waals surface area contributed by atoms with Crippen molar-refractivity contribution in [1.29, 1.82) is 0 Å². The quantitative estimate of drug-likeness (QED) is 0.921. The van der Waals surface area contributed by atoms with Crippen molar-refractivity contribution in [2.45, 2.75) is 19.5 Å². The first-order valence-corrected chi connectivity index (χ1v) is 5.68. The zero-order valence-electron chi connectivity index (χ0n) is 9.12. The van der Waals surface area contributed by atoms with E-state index in [1.165, 1.54) is 4.90 Å². The van der Waals surface area contributed by atoms with Crippen molar-refractivity contribution in [3.05, 3.63) is 28.2 Å². The third-order valence-electron chi connectivity index (χ3n) is 2.28. The second kappa shape index (κ2) is 5.59. The summed E-state index contributed by atoms with van der Waals surface area (Å²) in [5.74, 6) is 0. The third-order valence-corrected chi connectivity index (χ3v) is 2.91. The Morgan fingerprint density at radius 2 is 2.06 bits per heavy atom. The van der Waals surface area contributed by atoms with Crippen LogP contribution in [0.3, 0.4) is 0 Å². The number of aliphatic hydroxyl groups excluding tert-OH is 1. The smallest absolute Gasteiger partial charge is 0.255 e. The van der Waals surface area contributed by atoms with Crippen LogP contribution in [0.1, 0.15) is 18.6 Å². The normalized spacial score (nSPS) is 12.9. The van der Waals surface area contributed by atoms with Gasteiger partial charge in [0.05, 0.1) is 18.3 Å². The number of nitrogens with zero attached hydrogens (tertiary/aromatic N) is 1. The lowest BCUT2D eigenvalue weighted by Gasteiger charge is -2.21. The van der Waals surface area contributed by atoms with E-state index in [0.29, 0.717) is 10.2 Å². The molecule has 5 heteroatoms. The molecule has 0 unspecified atom stereocenters. The molecule has 0 radical (unpaired) electrons. The molecule has 0 heterocycles. The summed E-state index contributed by atoms with van der Waals surface area (Å²) in [6.45, 7) is 1.34. The van der Waals surface area contributed by atoms with Crippen molar-refractivity contribution in [1.82, 2.24) is 0 Å². The minimum Gasteiger partial charge on any atom is -0.389 e. The Bertz CT molecular complexity index is 358. The van der Waals surface area contributed by atoms with Crippen LogP contribution in [0.15, 0.2) is 22.7 Å². The molecule has 0 saturated carbocycles. The fraction of sp³-hybridized carbons (Fsp3) is 0.455. The molecular weight excluding hydrogens is 280 g/mol. The maximum Gasteiger partial charge on any atom is 0.255 e. The summed E-state index contributed by atoms with van der Waals surface area (Å²) >= 11 is 3.31. The number of alkyl halides is 2. The fourth-order valence-electron chi connectivity index (χ4n) is 1.40. The van der Waals surface area contributed by atoms with Crippen LogP contribution in [0.25, 0.3) is 0 Å². The first-order valence-electron chi connectivity index (χ1n) is 4.88. The molecule has 1 atom stereocenters. The molecule has 1 aromatic carbocycles. The molecule has 0 aromatic heterocycles. The van der Waals surface area contributed by atoms with E-state index in [1.54, 1.807) is 32.2 Å². The van der Waals surface area contributed by atoms with E-state index in [1.807, 2.05) is 0 Å². The number of hydrogen-bond donors (Lipinski definition) is 1. The van der Waals surface area contributed by atoms with Gasteiger partial charge in [-0.05, 0) is 40.5 Å². The highest BCUT2D eigenvalue weighted by molar-refractivity contribution is 9.10. The van der Waals surface area contributed by atoms with Crippen molar-refractivity contribution in [2.24, 2.45) is 0 Å². The van der Waals surface area contributed by atoms with Crippen molar-refractivity contribution in [2.75, 3.05) is 18.5 Å². The Labute approximate surface area is 102 Å². The molecule has 0 aliphatic carbocycles. The largest absolute Gasteiger partial charge is 0.389 e. The highest BCUT2D eigenvalue weighted by atomic mass is 79.9. The van der Waals surface area contributed by atoms with Crippen LogP contribution < -0.4 is 4.90 Å². The summed E-state index contributed by atoms with van der Waals surface area (Å²) in [5, 5.41) is 9.37. The van der Waals surface area contributed by atoms with E-state index in [0.717, 1.165) is 5.56 Å². The summed E-state index contributed by atoms with van der Waals surface area (Å²) in [5.41, 5.74) is 1.44. The zero-order valence-corrected chi connectivity index (χ0v) is 10.7. The fourth-order valence-corrected chi connectivity index (χ4v) is 2.10. The standard InChI is InChI=1S/C11H14BrF2NO/c1-7(16)8-3-4-10(9(12)5-8)15(2)6-11(13)14/h3-5,7,11,16H,6H2,1-2H3/t7-/m0/s1. The van der Waals surface area contributed by atoms with Crippen molar-refractivity contribution >= 4 is 21.6 Å². The van der Waals surface area contributed by atoms with Gasteiger partial charge in [0.25, 0.3) is 6.43 Å². The Morgan fingerprint density at radius 3 is 2.50 bits per heavy atom. The van der Waals surface area contributed by atoms with Gasteiger partial charge in [0.2, 0.25) is 0 Å². The van der Waals surface area contributed by atoms with Gasteiger partial charge >= 0.3 is 0 Å². The molecule has 0 saturated heterocycles. The molecule has 0 bridgehead atoms. The number of aliphatic hydroxyl groups is 1. The molecule has 0 fully saturated rings. The highest BCUT2D eigenvalue weighted by Crippen LogP contribution is 2.29. The predicted octanol–water partition coefficient (Wildman–Crippen LogP) is 3.20. The molecule has 90 valence electrons. The van der Waals surface area contributed by atoms with Crippen LogP contribution in [0, 0.1) is 0 Å². The average Bonchev–Trinajstić information content (AvgIpc) is 2.15. The Hall–Kier alpha value is -0.680. The van der Waals surface area contributed by atoms with Gasteiger partial charge in [-0.2, -0.15) is 0 Å². The van der Waals surface area contributed by atoms with Crippen LogP contribution in [0.4, 0.5) is 14.5 Å². The zero-order chi connectivity index (χ0) is 12.3. The SMILES string of the molecule is C[C@H](O)c1ccc(N(C)CC(F)F)c(Br)c1. The number of benzene rings is 1. The Kier molecular flexibility index (Phi) is 4.68. The molecule has 0 amide bonds. The lowest BCUT2D eigenvalue weighted by atomic mass is 10.1. The number of halogens is 3. The monoisotopic (exact) mass is 293 g/mol. The van der Waals surface area contributed by atoms with Gasteiger partial charge < -0.3 is 10.0 Å². The van der Waals surface area contributed by atoms with Crippen LogP contribution in [-0.2, 0) is 0 Å². The molecule has 0 aliphatic heterocycles. The Morgan fingerprint density at radius 1 is 1.44 bits per heavy atom. The van der Waals surface area contributed by atoms with E-state index in [9.17, 15) is 13.9 Å². The molecule has 1 rings (SSSR count). The third kappa shape index (κ3) is 3.42. The van der Waals surface area contributed by atoms with Gasteiger partial charge in [-0.15, -0.1) is 0 Å². The summed E-state index contributed by atoms with van der Waals surface area (Å²) < 4.78 is 25.1. The van der Waals surface area contributed by atoms with Crippen molar-refractivity contribution in [3.63, 3.8) is 0 Å². The molecule has 0 spiro atoms. The summed E-state index contributed by atoms with van der Waals surface area (Å²) in [6, 6.07) is 5.18. The average molecular weight is 294 g/mol. The van der Waals surface area contributed by atoms with Gasteiger partial charge in [-0.3, -0.25) is 0 Å². The maximum absolute atomic E-state index is 12.2. The molecule has 1 aromatic rings. The number of rotatable bonds is 4. The predicted molar refractivity (Wildman–Crippen MR) is 64.0 cm³/mol. The minimum absolute atomic E-state index is 0.313. The lowest BCUT2D eigenvalue weighted by Crippen LogP contribution is -2.24. The van der Waals surface area contributed by atoms with Gasteiger partial charge in [0.15, 0.2) is 0 Å². The molecule has 0 aliphatic rings. The molecule has 1 N–H and O–H groups in total. The van der Waals surface area contributed by atoms with E-state index in [4.69, 9.17) is 0 Å². The van der Waals surface area contributed by atoms with Crippen LogP contribution in [0.2, 0.25) is 0 Å². The van der Waals surface area contributed by atoms with E-state index in [-0.39, 0.29) is 6.54 Å². The summed E-state index contributed by atoms with van der Waals surface area (Å²) in [6.07, 6.45) is -2.93. The van der Waals surface area contributed by atoms with Crippen LogP contribution in [-0.4, -0.2) is 25.1 Å². The van der Waals surface area contributed by atoms with Gasteiger partial charge in [-0.25, -0.2) is 8.78 Å². The van der Waals surface area contributed by atoms with E-state index >= 15 is 0 Å². The Balaban J connectivity index is 2.90. The number of anilines is 1. The summed E-state index contributed by atoms with van der Waals surface area (Å²) in [7, 11) is 1.61. The molecular formula is C11H14BrF2NO. The second-order valence-electron chi connectivity index (χ2n) is 3.66. The van der Waals surface area contributed by atoms with E-state index in [2.05, 4.69) is 15.9 Å². The molecule has 2 nitrogen and oxygen atoms in total. The molecule has 16 heavy (non-hydrogen) atoms. The minimum atomic E-state index is -2.37. The maximum atomic E-state index is 12.2. The number of hydrogen-bond acceptors (Lipinski definition) is 2.